The number of anilines is 2. The largest absolute Gasteiger partial charge is 0.333 e. The predicted molar refractivity (Wildman–Crippen MR) is 238 cm³/mol. The highest BCUT2D eigenvalue weighted by Gasteiger charge is 2.41. The third-order valence-corrected chi connectivity index (χ3v) is 11.9. The first-order chi connectivity index (χ1) is 28.7. The fourth-order valence-electron chi connectivity index (χ4n) is 9.30. The Hall–Kier alpha value is -7.63. The summed E-state index contributed by atoms with van der Waals surface area (Å²) >= 11 is 0. The number of nitrogens with zero attached hydrogens (tertiary/aromatic N) is 5. The van der Waals surface area contributed by atoms with Gasteiger partial charge in [0, 0.05) is 50.4 Å². The van der Waals surface area contributed by atoms with Crippen LogP contribution in [0.4, 0.5) is 11.4 Å². The summed E-state index contributed by atoms with van der Waals surface area (Å²) < 4.78 is 2.44. The molecule has 0 spiro atoms. The molecule has 12 rings (SSSR count). The van der Waals surface area contributed by atoms with Crippen LogP contribution < -0.4 is 4.90 Å². The Labute approximate surface area is 335 Å². The van der Waals surface area contributed by atoms with Gasteiger partial charge in [-0.05, 0) is 76.0 Å². The Morgan fingerprint density at radius 1 is 0.414 bits per heavy atom. The van der Waals surface area contributed by atoms with Crippen LogP contribution in [0.2, 0.25) is 0 Å². The Kier molecular flexibility index (Phi) is 7.29. The highest BCUT2D eigenvalue weighted by molar-refractivity contribution is 6.11. The van der Waals surface area contributed by atoms with Gasteiger partial charge in [0.2, 0.25) is 0 Å². The maximum atomic E-state index is 4.99. The van der Waals surface area contributed by atoms with Crippen molar-refractivity contribution in [2.75, 3.05) is 4.90 Å². The van der Waals surface area contributed by atoms with Crippen LogP contribution in [0.15, 0.2) is 194 Å². The smallest absolute Gasteiger partial charge is 0.164 e. The molecule has 8 aromatic carbocycles. The molecular formula is C53H35N5. The van der Waals surface area contributed by atoms with Gasteiger partial charge < -0.3 is 9.47 Å². The van der Waals surface area contributed by atoms with Gasteiger partial charge in [-0.2, -0.15) is 0 Å². The van der Waals surface area contributed by atoms with E-state index in [4.69, 9.17) is 15.0 Å². The van der Waals surface area contributed by atoms with E-state index in [0.717, 1.165) is 33.2 Å². The van der Waals surface area contributed by atoms with Crippen LogP contribution >= 0.6 is 0 Å². The third-order valence-electron chi connectivity index (χ3n) is 11.9. The number of para-hydroxylation sites is 2. The maximum absolute atomic E-state index is 4.99. The van der Waals surface area contributed by atoms with Crippen molar-refractivity contribution in [2.24, 2.45) is 0 Å². The SMILES string of the molecule is C1=CC2C(c3ccccc31)c1cc3c4ccccc4n(-c4ccc5cc(-c6nc(-c7ccccc7)nc(-c7ccccc7)n6)ccc5c4)c3cc1N2c1ccccc1. The van der Waals surface area contributed by atoms with E-state index in [1.54, 1.807) is 0 Å². The van der Waals surface area contributed by atoms with Crippen LogP contribution in [0.3, 0.4) is 0 Å². The summed E-state index contributed by atoms with van der Waals surface area (Å²) in [6.45, 7) is 0. The minimum absolute atomic E-state index is 0.185. The first-order valence-corrected chi connectivity index (χ1v) is 19.9. The number of hydrogen-bond donors (Lipinski definition) is 0. The van der Waals surface area contributed by atoms with E-state index in [2.05, 4.69) is 149 Å². The van der Waals surface area contributed by atoms with Crippen molar-refractivity contribution in [1.82, 2.24) is 19.5 Å². The van der Waals surface area contributed by atoms with Gasteiger partial charge in [-0.1, -0.05) is 152 Å². The van der Waals surface area contributed by atoms with Crippen molar-refractivity contribution >= 4 is 50.0 Å². The Morgan fingerprint density at radius 3 is 1.79 bits per heavy atom. The van der Waals surface area contributed by atoms with E-state index in [1.807, 2.05) is 60.7 Å². The minimum Gasteiger partial charge on any atom is -0.333 e. The van der Waals surface area contributed by atoms with E-state index in [-0.39, 0.29) is 12.0 Å². The van der Waals surface area contributed by atoms with Crippen molar-refractivity contribution in [1.29, 1.82) is 0 Å². The molecule has 0 saturated carbocycles. The van der Waals surface area contributed by atoms with Crippen LogP contribution in [0.25, 0.3) is 78.5 Å². The molecule has 0 saturated heterocycles. The molecule has 2 aliphatic rings. The lowest BCUT2D eigenvalue weighted by molar-refractivity contribution is 0.725. The van der Waals surface area contributed by atoms with Gasteiger partial charge in [0.05, 0.1) is 17.1 Å². The normalized spacial score (nSPS) is 15.5. The summed E-state index contributed by atoms with van der Waals surface area (Å²) in [6.07, 6.45) is 4.70. The van der Waals surface area contributed by atoms with Crippen LogP contribution in [0.1, 0.15) is 22.6 Å². The number of fused-ring (bicyclic) bond motifs is 9. The van der Waals surface area contributed by atoms with Gasteiger partial charge >= 0.3 is 0 Å². The molecule has 272 valence electrons. The fraction of sp³-hybridized carbons (Fsp3) is 0.0377. The van der Waals surface area contributed by atoms with Crippen LogP contribution in [-0.2, 0) is 0 Å². The van der Waals surface area contributed by atoms with E-state index < -0.39 is 0 Å². The number of hydrogen-bond acceptors (Lipinski definition) is 4. The van der Waals surface area contributed by atoms with Crippen molar-refractivity contribution in [3.8, 4) is 39.9 Å². The molecule has 0 amide bonds. The highest BCUT2D eigenvalue weighted by atomic mass is 15.2. The Morgan fingerprint density at radius 2 is 1.03 bits per heavy atom. The molecule has 10 aromatic rings. The molecule has 2 aromatic heterocycles. The summed E-state index contributed by atoms with van der Waals surface area (Å²) in [5.74, 6) is 2.19. The molecule has 5 heteroatoms. The first kappa shape index (κ1) is 32.6. The summed E-state index contributed by atoms with van der Waals surface area (Å²) in [4.78, 5) is 17.4. The van der Waals surface area contributed by atoms with Crippen LogP contribution in [-0.4, -0.2) is 25.6 Å². The van der Waals surface area contributed by atoms with E-state index >= 15 is 0 Å². The van der Waals surface area contributed by atoms with Gasteiger partial charge in [0.1, 0.15) is 0 Å². The Bertz CT molecular complexity index is 3180. The second kappa shape index (κ2) is 13.0. The minimum atomic E-state index is 0.185. The molecule has 0 fully saturated rings. The van der Waals surface area contributed by atoms with E-state index in [0.29, 0.717) is 17.5 Å². The van der Waals surface area contributed by atoms with Crippen molar-refractivity contribution in [3.63, 3.8) is 0 Å². The first-order valence-electron chi connectivity index (χ1n) is 19.9. The van der Waals surface area contributed by atoms with E-state index in [9.17, 15) is 0 Å². The monoisotopic (exact) mass is 741 g/mol. The zero-order valence-electron chi connectivity index (χ0n) is 31.4. The van der Waals surface area contributed by atoms with Gasteiger partial charge in [0.15, 0.2) is 17.5 Å². The molecule has 2 atom stereocenters. The van der Waals surface area contributed by atoms with E-state index in [1.165, 1.54) is 49.9 Å². The average molecular weight is 742 g/mol. The van der Waals surface area contributed by atoms with Crippen LogP contribution in [0.5, 0.6) is 0 Å². The molecule has 1 aliphatic carbocycles. The maximum Gasteiger partial charge on any atom is 0.164 e. The van der Waals surface area contributed by atoms with Gasteiger partial charge in [-0.25, -0.2) is 15.0 Å². The zero-order valence-corrected chi connectivity index (χ0v) is 31.4. The van der Waals surface area contributed by atoms with Crippen LogP contribution in [0, 0.1) is 0 Å². The number of aromatic nitrogens is 4. The second-order valence-corrected chi connectivity index (χ2v) is 15.2. The molecule has 3 heterocycles. The topological polar surface area (TPSA) is 46.8 Å². The summed E-state index contributed by atoms with van der Waals surface area (Å²) in [5, 5.41) is 4.79. The standard InChI is InChI=1S/C53H35N5/c1-4-15-35(16-5-1)51-54-52(36-17-6-2-7-18-36)56-53(55-51)39-25-24-38-31-41(28-26-37(38)30-39)58-46-23-13-12-22-43(46)44-32-45-49(33-48(44)58)57(40-19-8-3-9-20-40)47-29-27-34-14-10-11-21-42(34)50(45)47/h1-33,47,50H. The lowest BCUT2D eigenvalue weighted by Crippen LogP contribution is -2.30. The quantitative estimate of drug-likeness (QED) is 0.176. The fourth-order valence-corrected chi connectivity index (χ4v) is 9.30. The zero-order chi connectivity index (χ0) is 38.2. The lowest BCUT2D eigenvalue weighted by atomic mass is 9.81. The van der Waals surface area contributed by atoms with Gasteiger partial charge in [-0.15, -0.1) is 0 Å². The predicted octanol–water partition coefficient (Wildman–Crippen LogP) is 12.8. The summed E-state index contributed by atoms with van der Waals surface area (Å²) in [5.41, 5.74) is 12.9. The number of rotatable bonds is 5. The average Bonchev–Trinajstić information content (AvgIpc) is 3.80. The van der Waals surface area contributed by atoms with Gasteiger partial charge in [0.25, 0.3) is 0 Å². The molecule has 0 N–H and O–H groups in total. The highest BCUT2D eigenvalue weighted by Crippen LogP contribution is 2.53. The third kappa shape index (κ3) is 5.14. The second-order valence-electron chi connectivity index (χ2n) is 15.2. The van der Waals surface area contributed by atoms with Crippen molar-refractivity contribution in [3.05, 3.63) is 211 Å². The molecule has 0 radical (unpaired) electrons. The molecule has 1 aliphatic heterocycles. The Balaban J connectivity index is 1.01. The summed E-state index contributed by atoms with van der Waals surface area (Å²) in [7, 11) is 0. The van der Waals surface area contributed by atoms with Gasteiger partial charge in [-0.3, -0.25) is 0 Å². The number of benzene rings is 8. The van der Waals surface area contributed by atoms with Crippen molar-refractivity contribution in [2.45, 2.75) is 12.0 Å². The molecular weight excluding hydrogens is 707 g/mol. The molecule has 58 heavy (non-hydrogen) atoms. The lowest BCUT2D eigenvalue weighted by Gasteiger charge is -2.31. The molecule has 2 unspecified atom stereocenters. The van der Waals surface area contributed by atoms with Crippen molar-refractivity contribution < 1.29 is 0 Å². The molecule has 5 nitrogen and oxygen atoms in total. The summed E-state index contributed by atoms with van der Waals surface area (Å²) in [6, 6.07) is 67.2. The molecule has 0 bridgehead atoms.